The SMILES string of the molecule is CC(C)(C)C1Cc2c(oc3cc(-c4cnco4)ccc23)-c2cc(=O)c(C(=O)O)cn21. The first-order valence-electron chi connectivity index (χ1n) is 9.68. The molecular formula is C23H20N2O5. The number of carboxylic acid groups (broad SMARTS) is 1. The minimum absolute atomic E-state index is 0.0338. The van der Waals surface area contributed by atoms with Gasteiger partial charge in [-0.25, -0.2) is 9.78 Å². The maximum absolute atomic E-state index is 12.5. The minimum atomic E-state index is -1.23. The van der Waals surface area contributed by atoms with Gasteiger partial charge in [-0.3, -0.25) is 4.79 Å². The quantitative estimate of drug-likeness (QED) is 0.517. The summed E-state index contributed by atoms with van der Waals surface area (Å²) in [5.74, 6) is 0.0193. The molecule has 7 nitrogen and oxygen atoms in total. The molecule has 0 amide bonds. The van der Waals surface area contributed by atoms with Crippen molar-refractivity contribution in [3.63, 3.8) is 0 Å². The first-order valence-corrected chi connectivity index (χ1v) is 9.68. The van der Waals surface area contributed by atoms with Gasteiger partial charge in [0.15, 0.2) is 23.3 Å². The van der Waals surface area contributed by atoms with Gasteiger partial charge in [0.05, 0.1) is 11.9 Å². The molecule has 1 aliphatic rings. The molecular weight excluding hydrogens is 384 g/mol. The molecule has 0 bridgehead atoms. The van der Waals surface area contributed by atoms with Crippen molar-refractivity contribution in [3.8, 4) is 22.8 Å². The highest BCUT2D eigenvalue weighted by Crippen LogP contribution is 2.46. The number of rotatable bonds is 2. The highest BCUT2D eigenvalue weighted by Gasteiger charge is 2.36. The van der Waals surface area contributed by atoms with Crippen LogP contribution in [0, 0.1) is 5.41 Å². The van der Waals surface area contributed by atoms with Crippen LogP contribution in [-0.2, 0) is 6.42 Å². The fourth-order valence-electron chi connectivity index (χ4n) is 4.24. The van der Waals surface area contributed by atoms with Gasteiger partial charge in [0, 0.05) is 34.8 Å². The topological polar surface area (TPSA) is 98.5 Å². The molecule has 0 saturated carbocycles. The maximum Gasteiger partial charge on any atom is 0.341 e. The molecule has 1 aliphatic heterocycles. The Balaban J connectivity index is 1.77. The molecule has 1 N–H and O–H groups in total. The summed E-state index contributed by atoms with van der Waals surface area (Å²) in [6.45, 7) is 6.32. The largest absolute Gasteiger partial charge is 0.477 e. The van der Waals surface area contributed by atoms with Crippen LogP contribution < -0.4 is 5.43 Å². The average Bonchev–Trinajstić information content (AvgIpc) is 3.33. The van der Waals surface area contributed by atoms with Crippen LogP contribution in [0.25, 0.3) is 33.7 Å². The fourth-order valence-corrected chi connectivity index (χ4v) is 4.24. The number of carboxylic acids is 1. The number of aromatic nitrogens is 2. The molecule has 152 valence electrons. The lowest BCUT2D eigenvalue weighted by Crippen LogP contribution is -2.32. The number of nitrogens with zero attached hydrogens (tertiary/aromatic N) is 2. The Morgan fingerprint density at radius 2 is 2.07 bits per heavy atom. The third kappa shape index (κ3) is 2.69. The third-order valence-corrected chi connectivity index (χ3v) is 5.79. The van der Waals surface area contributed by atoms with Crippen LogP contribution in [0.4, 0.5) is 0 Å². The van der Waals surface area contributed by atoms with Crippen LogP contribution in [0.1, 0.15) is 42.7 Å². The van der Waals surface area contributed by atoms with Crippen LogP contribution in [0.2, 0.25) is 0 Å². The molecule has 30 heavy (non-hydrogen) atoms. The van der Waals surface area contributed by atoms with Gasteiger partial charge >= 0.3 is 5.97 Å². The predicted octanol–water partition coefficient (Wildman–Crippen LogP) is 4.76. The monoisotopic (exact) mass is 404 g/mol. The zero-order chi connectivity index (χ0) is 21.2. The molecule has 0 radical (unpaired) electrons. The highest BCUT2D eigenvalue weighted by atomic mass is 16.4. The van der Waals surface area contributed by atoms with E-state index in [9.17, 15) is 14.7 Å². The number of benzene rings is 1. The van der Waals surface area contributed by atoms with Gasteiger partial charge in [0.1, 0.15) is 11.1 Å². The first-order chi connectivity index (χ1) is 14.2. The second kappa shape index (κ2) is 6.19. The number of pyridine rings is 1. The Morgan fingerprint density at radius 1 is 1.27 bits per heavy atom. The Hall–Kier alpha value is -3.61. The smallest absolute Gasteiger partial charge is 0.341 e. The number of carbonyl (C=O) groups is 1. The summed E-state index contributed by atoms with van der Waals surface area (Å²) < 4.78 is 13.5. The van der Waals surface area contributed by atoms with Crippen molar-refractivity contribution in [2.24, 2.45) is 5.41 Å². The second-order valence-corrected chi connectivity index (χ2v) is 8.72. The Bertz CT molecular complexity index is 1350. The Morgan fingerprint density at radius 3 is 2.73 bits per heavy atom. The summed E-state index contributed by atoms with van der Waals surface area (Å²) in [6.07, 6.45) is 5.14. The normalized spacial score (nSPS) is 15.8. The maximum atomic E-state index is 12.5. The van der Waals surface area contributed by atoms with Gasteiger partial charge in [0.25, 0.3) is 0 Å². The van der Waals surface area contributed by atoms with E-state index in [-0.39, 0.29) is 17.0 Å². The van der Waals surface area contributed by atoms with Gasteiger partial charge in [-0.1, -0.05) is 32.9 Å². The van der Waals surface area contributed by atoms with Crippen LogP contribution >= 0.6 is 0 Å². The van der Waals surface area contributed by atoms with Crippen molar-refractivity contribution in [2.45, 2.75) is 33.2 Å². The van der Waals surface area contributed by atoms with Crippen molar-refractivity contribution in [1.82, 2.24) is 9.55 Å². The summed E-state index contributed by atoms with van der Waals surface area (Å²) >= 11 is 0. The van der Waals surface area contributed by atoms with Crippen molar-refractivity contribution >= 4 is 16.9 Å². The molecule has 4 aromatic rings. The molecule has 0 fully saturated rings. The molecule has 7 heteroatoms. The molecule has 1 atom stereocenters. The number of furan rings is 1. The number of oxazole rings is 1. The lowest BCUT2D eigenvalue weighted by atomic mass is 9.79. The number of hydrogen-bond acceptors (Lipinski definition) is 5. The van der Waals surface area contributed by atoms with Crippen LogP contribution in [0.5, 0.6) is 0 Å². The van der Waals surface area contributed by atoms with E-state index in [0.29, 0.717) is 29.2 Å². The van der Waals surface area contributed by atoms with Crippen LogP contribution in [0.3, 0.4) is 0 Å². The zero-order valence-electron chi connectivity index (χ0n) is 16.8. The van der Waals surface area contributed by atoms with Crippen LogP contribution in [-0.4, -0.2) is 20.6 Å². The molecule has 0 saturated heterocycles. The van der Waals surface area contributed by atoms with E-state index in [1.54, 1.807) is 6.20 Å². The van der Waals surface area contributed by atoms with Gasteiger partial charge in [-0.2, -0.15) is 0 Å². The van der Waals surface area contributed by atoms with Gasteiger partial charge in [-0.05, 0) is 17.9 Å². The number of fused-ring (bicyclic) bond motifs is 5. The minimum Gasteiger partial charge on any atom is -0.477 e. The van der Waals surface area contributed by atoms with E-state index < -0.39 is 11.4 Å². The fraction of sp³-hybridized carbons (Fsp3) is 0.261. The second-order valence-electron chi connectivity index (χ2n) is 8.72. The number of hydrogen-bond donors (Lipinski definition) is 1. The Kier molecular flexibility index (Phi) is 3.80. The van der Waals surface area contributed by atoms with E-state index >= 15 is 0 Å². The van der Waals surface area contributed by atoms with E-state index in [4.69, 9.17) is 8.83 Å². The molecule has 4 heterocycles. The summed E-state index contributed by atoms with van der Waals surface area (Å²) in [4.78, 5) is 28.0. The number of aromatic carboxylic acids is 1. The first kappa shape index (κ1) is 18.4. The van der Waals surface area contributed by atoms with E-state index in [0.717, 1.165) is 16.5 Å². The molecule has 0 aliphatic carbocycles. The lowest BCUT2D eigenvalue weighted by Gasteiger charge is -2.37. The van der Waals surface area contributed by atoms with Crippen molar-refractivity contribution < 1.29 is 18.7 Å². The molecule has 5 rings (SSSR count). The summed E-state index contributed by atoms with van der Waals surface area (Å²) in [5, 5.41) is 10.4. The summed E-state index contributed by atoms with van der Waals surface area (Å²) in [5.41, 5.74) is 2.22. The molecule has 3 aromatic heterocycles. The zero-order valence-corrected chi connectivity index (χ0v) is 16.8. The molecule has 1 unspecified atom stereocenters. The van der Waals surface area contributed by atoms with Gasteiger partial charge < -0.3 is 18.5 Å². The molecule has 0 spiro atoms. The third-order valence-electron chi connectivity index (χ3n) is 5.79. The van der Waals surface area contributed by atoms with Gasteiger partial charge in [0.2, 0.25) is 0 Å². The summed E-state index contributed by atoms with van der Waals surface area (Å²) in [6, 6.07) is 7.19. The van der Waals surface area contributed by atoms with Crippen molar-refractivity contribution in [3.05, 3.63) is 64.4 Å². The van der Waals surface area contributed by atoms with E-state index in [2.05, 4.69) is 25.8 Å². The highest BCUT2D eigenvalue weighted by molar-refractivity contribution is 5.91. The van der Waals surface area contributed by atoms with Crippen molar-refractivity contribution in [1.29, 1.82) is 0 Å². The van der Waals surface area contributed by atoms with E-state index in [1.807, 2.05) is 22.8 Å². The Labute approximate surface area is 171 Å². The lowest BCUT2D eigenvalue weighted by molar-refractivity contribution is 0.0693. The standard InChI is InChI=1S/C23H20N2O5/c1-23(2,3)20-7-14-13-5-4-12(19-9-24-11-29-19)6-18(13)30-21(14)16-8-17(26)15(22(27)28)10-25(16)20/h4-6,8-11,20H,7H2,1-3H3,(H,27,28). The van der Waals surface area contributed by atoms with Gasteiger partial charge in [-0.15, -0.1) is 0 Å². The van der Waals surface area contributed by atoms with Crippen molar-refractivity contribution in [2.75, 3.05) is 0 Å². The average molecular weight is 404 g/mol. The van der Waals surface area contributed by atoms with E-state index in [1.165, 1.54) is 18.7 Å². The van der Waals surface area contributed by atoms with Crippen LogP contribution in [0.15, 0.2) is 56.7 Å². The predicted molar refractivity (Wildman–Crippen MR) is 111 cm³/mol. The molecule has 1 aromatic carbocycles. The summed E-state index contributed by atoms with van der Waals surface area (Å²) in [7, 11) is 0.